The molecule has 0 aliphatic rings. The van der Waals surface area contributed by atoms with Crippen molar-refractivity contribution in [1.29, 1.82) is 0 Å². The molecule has 0 fully saturated rings. The molecular weight excluding hydrogens is 197 g/mol. The summed E-state index contributed by atoms with van der Waals surface area (Å²) in [4.78, 5) is 11.6. The zero-order valence-corrected chi connectivity index (χ0v) is 8.75. The molecule has 3 nitrogen and oxygen atoms in total. The van der Waals surface area contributed by atoms with E-state index in [0.717, 1.165) is 0 Å². The van der Waals surface area contributed by atoms with Crippen molar-refractivity contribution in [2.75, 3.05) is 13.6 Å². The van der Waals surface area contributed by atoms with Crippen molar-refractivity contribution < 1.29 is 14.3 Å². The van der Waals surface area contributed by atoms with Crippen LogP contribution < -0.4 is 5.32 Å². The van der Waals surface area contributed by atoms with E-state index in [1.807, 2.05) is 0 Å². The van der Waals surface area contributed by atoms with Crippen LogP contribution in [0.3, 0.4) is 0 Å². The second kappa shape index (κ2) is 5.00. The molecule has 0 aliphatic carbocycles. The summed E-state index contributed by atoms with van der Waals surface area (Å²) in [5.41, 5.74) is 0.731. The number of benzene rings is 1. The molecule has 1 aromatic rings. The van der Waals surface area contributed by atoms with E-state index in [9.17, 15) is 14.3 Å². The standard InChI is InChI=1S/C11H14FNO2/c1-7-5-8(3-4-9(7)12)11(15)10(14)6-13-2/h3-5,10,13-14H,6H2,1-2H3. The minimum Gasteiger partial charge on any atom is -0.384 e. The molecule has 82 valence electrons. The maximum Gasteiger partial charge on any atom is 0.192 e. The first-order valence-electron chi connectivity index (χ1n) is 4.69. The average molecular weight is 211 g/mol. The first kappa shape index (κ1) is 11.8. The van der Waals surface area contributed by atoms with Crippen molar-refractivity contribution in [1.82, 2.24) is 5.32 Å². The van der Waals surface area contributed by atoms with Crippen molar-refractivity contribution >= 4 is 5.78 Å². The second-order valence-corrected chi connectivity index (χ2v) is 3.40. The van der Waals surface area contributed by atoms with Gasteiger partial charge in [0.2, 0.25) is 0 Å². The Morgan fingerprint density at radius 2 is 2.27 bits per heavy atom. The van der Waals surface area contributed by atoms with Crippen molar-refractivity contribution in [3.05, 3.63) is 35.1 Å². The molecule has 0 amide bonds. The Labute approximate surface area is 87.9 Å². The predicted molar refractivity (Wildman–Crippen MR) is 55.4 cm³/mol. The molecule has 0 spiro atoms. The Morgan fingerprint density at radius 3 is 2.80 bits per heavy atom. The molecule has 1 rings (SSSR count). The van der Waals surface area contributed by atoms with Gasteiger partial charge in [-0.15, -0.1) is 0 Å². The van der Waals surface area contributed by atoms with Crippen molar-refractivity contribution in [2.24, 2.45) is 0 Å². The fourth-order valence-corrected chi connectivity index (χ4v) is 1.28. The average Bonchev–Trinajstić information content (AvgIpc) is 2.21. The minimum atomic E-state index is -1.08. The number of hydrogen-bond donors (Lipinski definition) is 2. The fraction of sp³-hybridized carbons (Fsp3) is 0.364. The molecule has 0 saturated carbocycles. The number of likely N-dealkylation sites (N-methyl/N-ethyl adjacent to an activating group) is 1. The summed E-state index contributed by atoms with van der Waals surface area (Å²) in [5, 5.41) is 12.1. The van der Waals surface area contributed by atoms with Crippen LogP contribution in [0.4, 0.5) is 4.39 Å². The predicted octanol–water partition coefficient (Wildman–Crippen LogP) is 0.897. The summed E-state index contributed by atoms with van der Waals surface area (Å²) in [7, 11) is 1.65. The van der Waals surface area contributed by atoms with E-state index in [1.165, 1.54) is 18.2 Å². The van der Waals surface area contributed by atoms with Gasteiger partial charge in [-0.1, -0.05) is 0 Å². The lowest BCUT2D eigenvalue weighted by Crippen LogP contribution is -2.31. The van der Waals surface area contributed by atoms with Crippen LogP contribution in [-0.2, 0) is 0 Å². The van der Waals surface area contributed by atoms with Gasteiger partial charge < -0.3 is 10.4 Å². The largest absolute Gasteiger partial charge is 0.384 e. The number of aryl methyl sites for hydroxylation is 1. The number of Topliss-reactive ketones (excluding diaryl/α,β-unsaturated/α-hetero) is 1. The minimum absolute atomic E-state index is 0.190. The maximum atomic E-state index is 12.9. The van der Waals surface area contributed by atoms with Gasteiger partial charge in [0.1, 0.15) is 11.9 Å². The van der Waals surface area contributed by atoms with Gasteiger partial charge in [0.25, 0.3) is 0 Å². The number of aliphatic hydroxyl groups excluding tert-OH is 1. The number of carbonyl (C=O) groups excluding carboxylic acids is 1. The molecule has 0 saturated heterocycles. The van der Waals surface area contributed by atoms with E-state index in [2.05, 4.69) is 5.32 Å². The van der Waals surface area contributed by atoms with E-state index in [1.54, 1.807) is 14.0 Å². The van der Waals surface area contributed by atoms with E-state index in [4.69, 9.17) is 0 Å². The molecule has 1 unspecified atom stereocenters. The lowest BCUT2D eigenvalue weighted by Gasteiger charge is -2.09. The first-order chi connectivity index (χ1) is 7.06. The van der Waals surface area contributed by atoms with Gasteiger partial charge in [0.05, 0.1) is 0 Å². The molecule has 0 aliphatic heterocycles. The van der Waals surface area contributed by atoms with Gasteiger partial charge in [-0.2, -0.15) is 0 Å². The van der Waals surface area contributed by atoms with Crippen molar-refractivity contribution in [3.8, 4) is 0 Å². The van der Waals surface area contributed by atoms with E-state index < -0.39 is 11.9 Å². The molecule has 0 aromatic heterocycles. The third kappa shape index (κ3) is 2.84. The molecule has 2 N–H and O–H groups in total. The highest BCUT2D eigenvalue weighted by Gasteiger charge is 2.16. The highest BCUT2D eigenvalue weighted by atomic mass is 19.1. The normalized spacial score (nSPS) is 12.5. The highest BCUT2D eigenvalue weighted by molar-refractivity contribution is 5.99. The number of aliphatic hydroxyl groups is 1. The maximum absolute atomic E-state index is 12.9. The molecular formula is C11H14FNO2. The Kier molecular flexibility index (Phi) is 3.94. The molecule has 1 aromatic carbocycles. The SMILES string of the molecule is CNCC(O)C(=O)c1ccc(F)c(C)c1. The van der Waals surface area contributed by atoms with Crippen LogP contribution in [0.1, 0.15) is 15.9 Å². The number of halogens is 1. The van der Waals surface area contributed by atoms with Gasteiger partial charge in [0, 0.05) is 12.1 Å². The first-order valence-corrected chi connectivity index (χ1v) is 4.69. The summed E-state index contributed by atoms with van der Waals surface area (Å²) in [6.45, 7) is 1.77. The third-order valence-corrected chi connectivity index (χ3v) is 2.14. The molecule has 0 heterocycles. The van der Waals surface area contributed by atoms with Crippen LogP contribution in [0.25, 0.3) is 0 Å². The number of nitrogens with one attached hydrogen (secondary N) is 1. The van der Waals surface area contributed by atoms with E-state index in [-0.39, 0.29) is 12.4 Å². The molecule has 0 bridgehead atoms. The van der Waals surface area contributed by atoms with E-state index in [0.29, 0.717) is 11.1 Å². The van der Waals surface area contributed by atoms with Crippen LogP contribution in [0.15, 0.2) is 18.2 Å². The summed E-state index contributed by atoms with van der Waals surface area (Å²) in [6, 6.07) is 4.05. The summed E-state index contributed by atoms with van der Waals surface area (Å²) < 4.78 is 12.9. The smallest absolute Gasteiger partial charge is 0.192 e. The number of rotatable bonds is 4. The zero-order chi connectivity index (χ0) is 11.4. The fourth-order valence-electron chi connectivity index (χ4n) is 1.28. The van der Waals surface area contributed by atoms with Gasteiger partial charge >= 0.3 is 0 Å². The van der Waals surface area contributed by atoms with Gasteiger partial charge in [-0.3, -0.25) is 4.79 Å². The molecule has 15 heavy (non-hydrogen) atoms. The van der Waals surface area contributed by atoms with Crippen molar-refractivity contribution in [3.63, 3.8) is 0 Å². The zero-order valence-electron chi connectivity index (χ0n) is 8.75. The van der Waals surface area contributed by atoms with E-state index >= 15 is 0 Å². The van der Waals surface area contributed by atoms with Gasteiger partial charge in [-0.25, -0.2) is 4.39 Å². The van der Waals surface area contributed by atoms with Crippen LogP contribution in [-0.4, -0.2) is 30.6 Å². The molecule has 0 radical (unpaired) electrons. The third-order valence-electron chi connectivity index (χ3n) is 2.14. The number of carbonyl (C=O) groups is 1. The quantitative estimate of drug-likeness (QED) is 0.727. The van der Waals surface area contributed by atoms with Gasteiger partial charge in [0.15, 0.2) is 5.78 Å². The Balaban J connectivity index is 2.87. The number of hydrogen-bond acceptors (Lipinski definition) is 3. The number of ketones is 1. The lowest BCUT2D eigenvalue weighted by atomic mass is 10.0. The summed E-state index contributed by atoms with van der Waals surface area (Å²) in [6.07, 6.45) is -1.08. The second-order valence-electron chi connectivity index (χ2n) is 3.40. The monoisotopic (exact) mass is 211 g/mol. The Bertz CT molecular complexity index is 366. The van der Waals surface area contributed by atoms with Crippen LogP contribution in [0, 0.1) is 12.7 Å². The van der Waals surface area contributed by atoms with Gasteiger partial charge in [-0.05, 0) is 37.7 Å². The summed E-state index contributed by atoms with van der Waals surface area (Å²) >= 11 is 0. The summed E-state index contributed by atoms with van der Waals surface area (Å²) in [5.74, 6) is -0.748. The highest BCUT2D eigenvalue weighted by Crippen LogP contribution is 2.11. The Hall–Kier alpha value is -1.26. The lowest BCUT2D eigenvalue weighted by molar-refractivity contribution is 0.0750. The van der Waals surface area contributed by atoms with Crippen LogP contribution >= 0.6 is 0 Å². The molecule has 4 heteroatoms. The Morgan fingerprint density at radius 1 is 1.60 bits per heavy atom. The van der Waals surface area contributed by atoms with Crippen molar-refractivity contribution in [2.45, 2.75) is 13.0 Å². The topological polar surface area (TPSA) is 49.3 Å². The van der Waals surface area contributed by atoms with Crippen LogP contribution in [0.5, 0.6) is 0 Å². The van der Waals surface area contributed by atoms with Crippen LogP contribution in [0.2, 0.25) is 0 Å². The molecule has 1 atom stereocenters.